The summed E-state index contributed by atoms with van der Waals surface area (Å²) in [5, 5.41) is 5.89. The van der Waals surface area contributed by atoms with Gasteiger partial charge in [-0.2, -0.15) is 25.1 Å². The van der Waals surface area contributed by atoms with Crippen molar-refractivity contribution in [2.24, 2.45) is 7.05 Å². The summed E-state index contributed by atoms with van der Waals surface area (Å²) in [7, 11) is 2.15. The van der Waals surface area contributed by atoms with Crippen LogP contribution in [-0.2, 0) is 32.9 Å². The molecule has 0 fully saturated rings. The third-order valence-electron chi connectivity index (χ3n) is 10.1. The van der Waals surface area contributed by atoms with E-state index in [1.54, 1.807) is 6.92 Å². The summed E-state index contributed by atoms with van der Waals surface area (Å²) in [4.78, 5) is 5.57. The minimum atomic E-state index is -0.287. The number of allylic oxidation sites excluding steroid dienone is 4. The van der Waals surface area contributed by atoms with Gasteiger partial charge in [0.2, 0.25) is 5.82 Å². The fourth-order valence-corrected chi connectivity index (χ4v) is 7.42. The molecule has 4 aromatic rings. The van der Waals surface area contributed by atoms with Gasteiger partial charge in [-0.3, -0.25) is 0 Å². The van der Waals surface area contributed by atoms with Crippen LogP contribution in [0.25, 0.3) is 10.9 Å². The molecule has 2 aliphatic rings. The van der Waals surface area contributed by atoms with E-state index in [4.69, 9.17) is 10.3 Å². The maximum absolute atomic E-state index is 5.89. The number of benzene rings is 3. The Morgan fingerprint density at radius 3 is 1.94 bits per heavy atom. The third-order valence-corrected chi connectivity index (χ3v) is 10.1. The van der Waals surface area contributed by atoms with Crippen LogP contribution in [0, 0.1) is 13.0 Å². The van der Waals surface area contributed by atoms with Gasteiger partial charge in [-0.15, -0.1) is 11.8 Å². The monoisotopic (exact) mass is 846 g/mol. The summed E-state index contributed by atoms with van der Waals surface area (Å²) >= 11 is 0. The maximum atomic E-state index is 5.89. The van der Waals surface area contributed by atoms with Gasteiger partial charge in [0.1, 0.15) is 11.9 Å². The SMILES string of the molecule is CC(C)c1cc(C(C)C)c(C([N-]c2c(C(C)C)cccc2C(C)C)c2nc([N+]3=C4CC=CC=C4c4ccc[c-]c43)cn2C)c(C(C)C)c1.[CH2-]C.[Hf]. The van der Waals surface area contributed by atoms with Crippen molar-refractivity contribution in [3.63, 3.8) is 0 Å². The average Bonchev–Trinajstić information content (AvgIpc) is 3.64. The summed E-state index contributed by atoms with van der Waals surface area (Å²) in [6.07, 6.45) is 9.68. The van der Waals surface area contributed by atoms with Gasteiger partial charge in [-0.25, -0.2) is 4.58 Å². The molecule has 5 heteroatoms. The second-order valence-corrected chi connectivity index (χ2v) is 15.2. The van der Waals surface area contributed by atoms with Crippen molar-refractivity contribution in [1.29, 1.82) is 0 Å². The molecule has 2 heterocycles. The quantitative estimate of drug-likeness (QED) is 0.0890. The second-order valence-electron chi connectivity index (χ2n) is 15.2. The van der Waals surface area contributed by atoms with Gasteiger partial charge in [0, 0.05) is 45.0 Å². The summed E-state index contributed by atoms with van der Waals surface area (Å²) in [5.74, 6) is 3.66. The van der Waals surface area contributed by atoms with Crippen LogP contribution in [0.1, 0.15) is 163 Å². The van der Waals surface area contributed by atoms with Crippen molar-refractivity contribution >= 4 is 28.5 Å². The minimum Gasteiger partial charge on any atom is -0.670 e. The van der Waals surface area contributed by atoms with E-state index in [0.29, 0.717) is 29.6 Å². The Bertz CT molecular complexity index is 1880. The summed E-state index contributed by atoms with van der Waals surface area (Å²) in [6.45, 7) is 28.0. The van der Waals surface area contributed by atoms with E-state index in [1.165, 1.54) is 50.2 Å². The fraction of sp³-hybridized carbons (Fsp3) is 0.413. The number of hydrogen-bond acceptors (Lipinski definition) is 1. The Morgan fingerprint density at radius 1 is 0.804 bits per heavy atom. The van der Waals surface area contributed by atoms with Gasteiger partial charge >= 0.3 is 5.82 Å². The molecule has 1 atom stereocenters. The number of aryl methyl sites for hydroxylation is 1. The molecule has 1 aliphatic heterocycles. The molecule has 268 valence electrons. The standard InChI is InChI=1S/C44H53N4.C2H5.Hf/c1-26(2)31-23-36(29(7)8)41(37(24-31)30(9)10)43(46-42-32(27(3)4)19-16-20-33(42)28(5)6)44-45-40(25-47(44)11)48-38-21-14-12-17-34(38)35-18-13-15-22-39(35)48;1-2;/h12-20,23-30,43H,21H2,1-11H3;1H2,2H3;/q2*-1;. The Labute approximate surface area is 328 Å². The third kappa shape index (κ3) is 7.89. The van der Waals surface area contributed by atoms with Crippen LogP contribution in [0.5, 0.6) is 0 Å². The van der Waals surface area contributed by atoms with Crippen molar-refractivity contribution in [2.75, 3.05) is 0 Å². The molecule has 0 N–H and O–H groups in total. The second kappa shape index (κ2) is 17.0. The van der Waals surface area contributed by atoms with Crippen LogP contribution < -0.4 is 4.58 Å². The van der Waals surface area contributed by atoms with Gasteiger partial charge in [-0.1, -0.05) is 134 Å². The molecule has 0 bridgehead atoms. The zero-order chi connectivity index (χ0) is 36.4. The van der Waals surface area contributed by atoms with E-state index >= 15 is 0 Å². The first kappa shape index (κ1) is 40.5. The molecule has 0 saturated carbocycles. The zero-order valence-corrected chi connectivity index (χ0v) is 36.7. The molecule has 1 aromatic heterocycles. The Balaban J connectivity index is 0.00000191. The van der Waals surface area contributed by atoms with Crippen LogP contribution in [0.3, 0.4) is 0 Å². The summed E-state index contributed by atoms with van der Waals surface area (Å²) < 4.78 is 4.55. The van der Waals surface area contributed by atoms with Gasteiger partial charge in [0.25, 0.3) is 0 Å². The van der Waals surface area contributed by atoms with E-state index in [-0.39, 0.29) is 31.9 Å². The van der Waals surface area contributed by atoms with Crippen molar-refractivity contribution in [3.8, 4) is 0 Å². The topological polar surface area (TPSA) is 34.9 Å². The van der Waals surface area contributed by atoms with Crippen LogP contribution in [0.2, 0.25) is 0 Å². The number of nitrogens with zero attached hydrogens (tertiary/aromatic N) is 4. The van der Waals surface area contributed by atoms with Crippen LogP contribution in [0.4, 0.5) is 17.2 Å². The molecule has 3 aromatic carbocycles. The first-order valence-electron chi connectivity index (χ1n) is 18.7. The molecule has 4 nitrogen and oxygen atoms in total. The smallest absolute Gasteiger partial charge is 0.345 e. The predicted molar refractivity (Wildman–Crippen MR) is 216 cm³/mol. The number of aromatic nitrogens is 2. The van der Waals surface area contributed by atoms with E-state index in [1.807, 2.05) is 6.07 Å². The first-order chi connectivity index (χ1) is 23.9. The Hall–Kier alpha value is -3.31. The first-order valence-corrected chi connectivity index (χ1v) is 18.7. The number of imidazole rings is 1. The molecule has 0 amide bonds. The molecule has 6 rings (SSSR count). The molecule has 1 unspecified atom stereocenters. The molecule has 0 spiro atoms. The van der Waals surface area contributed by atoms with Crippen LogP contribution >= 0.6 is 0 Å². The molecule has 0 radical (unpaired) electrons. The average molecular weight is 845 g/mol. The Morgan fingerprint density at radius 2 is 1.39 bits per heavy atom. The van der Waals surface area contributed by atoms with Crippen molar-refractivity contribution < 1.29 is 25.8 Å². The van der Waals surface area contributed by atoms with E-state index in [2.05, 4.69) is 165 Å². The number of hydrogen-bond donors (Lipinski definition) is 0. The van der Waals surface area contributed by atoms with Crippen LogP contribution in [-0.4, -0.2) is 15.3 Å². The van der Waals surface area contributed by atoms with E-state index in [9.17, 15) is 0 Å². The molecule has 1 aliphatic carbocycles. The Kier molecular flexibility index (Phi) is 13.5. The van der Waals surface area contributed by atoms with Crippen molar-refractivity contribution in [1.82, 2.24) is 14.1 Å². The fourth-order valence-electron chi connectivity index (χ4n) is 7.42. The number of rotatable bonds is 10. The van der Waals surface area contributed by atoms with Crippen molar-refractivity contribution in [3.05, 3.63) is 136 Å². The molecular formula is C46H58HfN4-2. The zero-order valence-electron chi connectivity index (χ0n) is 33.1. The molecule has 51 heavy (non-hydrogen) atoms. The summed E-state index contributed by atoms with van der Waals surface area (Å²) in [6, 6.07) is 21.2. The van der Waals surface area contributed by atoms with Gasteiger partial charge < -0.3 is 16.8 Å². The van der Waals surface area contributed by atoms with Gasteiger partial charge in [0.05, 0.1) is 0 Å². The van der Waals surface area contributed by atoms with Gasteiger partial charge in [-0.05, 0) is 68.4 Å². The predicted octanol–water partition coefficient (Wildman–Crippen LogP) is 13.1. The normalized spacial score (nSPS) is 14.1. The molecular weight excluding hydrogens is 787 g/mol. The van der Waals surface area contributed by atoms with Crippen LogP contribution in [0.15, 0.2) is 73.0 Å². The summed E-state index contributed by atoms with van der Waals surface area (Å²) in [5.41, 5.74) is 13.9. The largest absolute Gasteiger partial charge is 0.670 e. The number of fused-ring (bicyclic) bond motifs is 3. The minimum absolute atomic E-state index is 0. The van der Waals surface area contributed by atoms with E-state index in [0.717, 1.165) is 29.4 Å². The number of para-hydroxylation sites is 2. The van der Waals surface area contributed by atoms with Crippen molar-refractivity contribution in [2.45, 2.75) is 118 Å². The maximum Gasteiger partial charge on any atom is 0.345 e. The van der Waals surface area contributed by atoms with Gasteiger partial charge in [0.15, 0.2) is 0 Å². The van der Waals surface area contributed by atoms with E-state index < -0.39 is 0 Å². The molecule has 0 saturated heterocycles.